The van der Waals surface area contributed by atoms with Crippen LogP contribution in [0.5, 0.6) is 0 Å². The Kier molecular flexibility index (Phi) is 6.37. The van der Waals surface area contributed by atoms with Crippen molar-refractivity contribution in [3.05, 3.63) is 65.5 Å². The number of pyridine rings is 1. The molecule has 2 amide bonds. The lowest BCUT2D eigenvalue weighted by Crippen LogP contribution is -2.45. The fourth-order valence-corrected chi connectivity index (χ4v) is 3.18. The van der Waals surface area contributed by atoms with Crippen molar-refractivity contribution in [1.82, 2.24) is 15.2 Å². The maximum Gasteiger partial charge on any atom is 0.337 e. The molecule has 7 heteroatoms. The number of ether oxygens (including phenoxy) is 1. The van der Waals surface area contributed by atoms with Crippen LogP contribution in [0, 0.1) is 5.92 Å². The summed E-state index contributed by atoms with van der Waals surface area (Å²) < 4.78 is 4.67. The van der Waals surface area contributed by atoms with E-state index in [1.807, 2.05) is 18.2 Å². The van der Waals surface area contributed by atoms with Gasteiger partial charge in [0, 0.05) is 25.7 Å². The SMILES string of the molecule is COC(=O)c1ccc(CNC(=O)[C@@H]2CCC(=O)N(Cc3ccccn3)C2)cc1. The largest absolute Gasteiger partial charge is 0.465 e. The number of benzene rings is 1. The number of amides is 2. The molecule has 0 radical (unpaired) electrons. The zero-order valence-corrected chi connectivity index (χ0v) is 15.8. The topological polar surface area (TPSA) is 88.6 Å². The van der Waals surface area contributed by atoms with E-state index in [0.717, 1.165) is 11.3 Å². The van der Waals surface area contributed by atoms with Gasteiger partial charge in [-0.05, 0) is 36.2 Å². The van der Waals surface area contributed by atoms with E-state index in [9.17, 15) is 14.4 Å². The molecule has 0 unspecified atom stereocenters. The van der Waals surface area contributed by atoms with E-state index in [4.69, 9.17) is 0 Å². The van der Waals surface area contributed by atoms with Crippen molar-refractivity contribution < 1.29 is 19.1 Å². The highest BCUT2D eigenvalue weighted by molar-refractivity contribution is 5.89. The summed E-state index contributed by atoms with van der Waals surface area (Å²) in [6, 6.07) is 12.5. The van der Waals surface area contributed by atoms with Crippen molar-refractivity contribution >= 4 is 17.8 Å². The van der Waals surface area contributed by atoms with Crippen LogP contribution in [0.2, 0.25) is 0 Å². The van der Waals surface area contributed by atoms with Crippen LogP contribution in [0.15, 0.2) is 48.7 Å². The van der Waals surface area contributed by atoms with Crippen LogP contribution in [-0.2, 0) is 27.4 Å². The van der Waals surface area contributed by atoms with Gasteiger partial charge >= 0.3 is 5.97 Å². The number of nitrogens with zero attached hydrogens (tertiary/aromatic N) is 2. The lowest BCUT2D eigenvalue weighted by Gasteiger charge is -2.31. The first kappa shape index (κ1) is 19.5. The number of aromatic nitrogens is 1. The predicted octanol–water partition coefficient (Wildman–Crippen LogP) is 1.92. The lowest BCUT2D eigenvalue weighted by molar-refractivity contribution is -0.139. The van der Waals surface area contributed by atoms with Crippen LogP contribution < -0.4 is 5.32 Å². The second kappa shape index (κ2) is 9.12. The first-order valence-corrected chi connectivity index (χ1v) is 9.19. The Hall–Kier alpha value is -3.22. The number of carbonyl (C=O) groups is 3. The van der Waals surface area contributed by atoms with Gasteiger partial charge < -0.3 is 15.0 Å². The second-order valence-corrected chi connectivity index (χ2v) is 6.74. The zero-order chi connectivity index (χ0) is 19.9. The second-order valence-electron chi connectivity index (χ2n) is 6.74. The average molecular weight is 381 g/mol. The standard InChI is InChI=1S/C21H23N3O4/c1-28-21(27)16-7-5-15(6-8-16)12-23-20(26)17-9-10-19(25)24(13-17)14-18-4-2-3-11-22-18/h2-8,11,17H,9-10,12-14H2,1H3,(H,23,26)/t17-/m1/s1. The summed E-state index contributed by atoms with van der Waals surface area (Å²) in [5, 5.41) is 2.92. The number of nitrogens with one attached hydrogen (secondary N) is 1. The minimum atomic E-state index is -0.393. The smallest absolute Gasteiger partial charge is 0.337 e. The summed E-state index contributed by atoms with van der Waals surface area (Å²) in [7, 11) is 1.34. The Bertz CT molecular complexity index is 836. The van der Waals surface area contributed by atoms with E-state index < -0.39 is 5.97 Å². The third-order valence-electron chi connectivity index (χ3n) is 4.79. The number of piperidine rings is 1. The first-order valence-electron chi connectivity index (χ1n) is 9.19. The number of likely N-dealkylation sites (tertiary alicyclic amines) is 1. The zero-order valence-electron chi connectivity index (χ0n) is 15.8. The van der Waals surface area contributed by atoms with Gasteiger partial charge in [-0.1, -0.05) is 18.2 Å². The Labute approximate surface area is 163 Å². The summed E-state index contributed by atoms with van der Waals surface area (Å²) in [6.07, 6.45) is 2.60. The minimum absolute atomic E-state index is 0.0492. The van der Waals surface area contributed by atoms with Crippen molar-refractivity contribution in [2.75, 3.05) is 13.7 Å². The van der Waals surface area contributed by atoms with Gasteiger partial charge in [0.2, 0.25) is 11.8 Å². The Morgan fingerprint density at radius 2 is 2.00 bits per heavy atom. The number of carbonyl (C=O) groups excluding carboxylic acids is 3. The van der Waals surface area contributed by atoms with Crippen molar-refractivity contribution in [3.63, 3.8) is 0 Å². The van der Waals surface area contributed by atoms with Crippen LogP contribution in [0.3, 0.4) is 0 Å². The molecular formula is C21H23N3O4. The van der Waals surface area contributed by atoms with E-state index in [-0.39, 0.29) is 17.7 Å². The monoisotopic (exact) mass is 381 g/mol. The summed E-state index contributed by atoms with van der Waals surface area (Å²) in [5.41, 5.74) is 2.16. The summed E-state index contributed by atoms with van der Waals surface area (Å²) in [5.74, 6) is -0.658. The third kappa shape index (κ3) is 4.94. The van der Waals surface area contributed by atoms with E-state index >= 15 is 0 Å². The van der Waals surface area contributed by atoms with Crippen LogP contribution in [-0.4, -0.2) is 41.3 Å². The number of hydrogen-bond donors (Lipinski definition) is 1. The lowest BCUT2D eigenvalue weighted by atomic mass is 9.96. The van der Waals surface area contributed by atoms with Gasteiger partial charge in [0.05, 0.1) is 30.8 Å². The Morgan fingerprint density at radius 1 is 1.21 bits per heavy atom. The maximum absolute atomic E-state index is 12.6. The maximum atomic E-state index is 12.6. The summed E-state index contributed by atoms with van der Waals surface area (Å²) in [6.45, 7) is 1.17. The van der Waals surface area contributed by atoms with Gasteiger partial charge in [-0.2, -0.15) is 0 Å². The van der Waals surface area contributed by atoms with E-state index in [0.29, 0.717) is 38.0 Å². The molecule has 1 aromatic carbocycles. The Balaban J connectivity index is 1.53. The van der Waals surface area contributed by atoms with E-state index in [2.05, 4.69) is 15.0 Å². The van der Waals surface area contributed by atoms with Crippen LogP contribution in [0.4, 0.5) is 0 Å². The number of methoxy groups -OCH3 is 1. The van der Waals surface area contributed by atoms with Gasteiger partial charge in [0.25, 0.3) is 0 Å². The highest BCUT2D eigenvalue weighted by Crippen LogP contribution is 2.19. The third-order valence-corrected chi connectivity index (χ3v) is 4.79. The molecule has 7 nitrogen and oxygen atoms in total. The molecule has 2 aromatic rings. The molecule has 0 bridgehead atoms. The van der Waals surface area contributed by atoms with Crippen molar-refractivity contribution in [2.45, 2.75) is 25.9 Å². The quantitative estimate of drug-likeness (QED) is 0.773. The van der Waals surface area contributed by atoms with Crippen LogP contribution >= 0.6 is 0 Å². The average Bonchev–Trinajstić information content (AvgIpc) is 2.74. The molecule has 1 fully saturated rings. The van der Waals surface area contributed by atoms with Crippen molar-refractivity contribution in [3.8, 4) is 0 Å². The fourth-order valence-electron chi connectivity index (χ4n) is 3.18. The predicted molar refractivity (Wildman–Crippen MR) is 102 cm³/mol. The molecule has 1 aromatic heterocycles. The molecule has 2 heterocycles. The normalized spacial score (nSPS) is 16.5. The highest BCUT2D eigenvalue weighted by Gasteiger charge is 2.30. The molecule has 1 saturated heterocycles. The highest BCUT2D eigenvalue weighted by atomic mass is 16.5. The molecule has 0 saturated carbocycles. The summed E-state index contributed by atoms with van der Waals surface area (Å²) >= 11 is 0. The van der Waals surface area contributed by atoms with E-state index in [1.54, 1.807) is 35.4 Å². The number of rotatable bonds is 6. The van der Waals surface area contributed by atoms with Crippen molar-refractivity contribution in [1.29, 1.82) is 0 Å². The van der Waals surface area contributed by atoms with Gasteiger partial charge in [-0.15, -0.1) is 0 Å². The molecule has 1 N–H and O–H groups in total. The Morgan fingerprint density at radius 3 is 2.68 bits per heavy atom. The molecule has 0 aliphatic carbocycles. The van der Waals surface area contributed by atoms with Crippen LogP contribution in [0.25, 0.3) is 0 Å². The molecule has 0 spiro atoms. The van der Waals surface area contributed by atoms with Crippen LogP contribution in [0.1, 0.15) is 34.5 Å². The molecule has 3 rings (SSSR count). The number of hydrogen-bond acceptors (Lipinski definition) is 5. The van der Waals surface area contributed by atoms with Gasteiger partial charge in [0.15, 0.2) is 0 Å². The number of esters is 1. The molecular weight excluding hydrogens is 358 g/mol. The van der Waals surface area contributed by atoms with E-state index in [1.165, 1.54) is 7.11 Å². The molecule has 146 valence electrons. The van der Waals surface area contributed by atoms with Crippen molar-refractivity contribution in [2.24, 2.45) is 5.92 Å². The molecule has 28 heavy (non-hydrogen) atoms. The van der Waals surface area contributed by atoms with Gasteiger partial charge in [0.1, 0.15) is 0 Å². The minimum Gasteiger partial charge on any atom is -0.465 e. The summed E-state index contributed by atoms with van der Waals surface area (Å²) in [4.78, 5) is 42.1. The van der Waals surface area contributed by atoms with Gasteiger partial charge in [-0.25, -0.2) is 4.79 Å². The molecule has 1 aliphatic heterocycles. The molecule has 1 aliphatic rings. The first-order chi connectivity index (χ1) is 13.6. The fraction of sp³-hybridized carbons (Fsp3) is 0.333. The molecule has 1 atom stereocenters. The van der Waals surface area contributed by atoms with Gasteiger partial charge in [-0.3, -0.25) is 14.6 Å².